The van der Waals surface area contributed by atoms with Crippen LogP contribution in [0.1, 0.15) is 44.1 Å². The molecule has 0 bridgehead atoms. The van der Waals surface area contributed by atoms with Crippen molar-refractivity contribution in [2.75, 3.05) is 33.3 Å². The number of nitrogens with one attached hydrogen (secondary N) is 2. The maximum Gasteiger partial charge on any atom is 0.417 e. The van der Waals surface area contributed by atoms with E-state index >= 15 is 0 Å². The topological polar surface area (TPSA) is 61.8 Å². The Bertz CT molecular complexity index is 723. The van der Waals surface area contributed by atoms with Gasteiger partial charge in [0.2, 0.25) is 5.88 Å². The fourth-order valence-corrected chi connectivity index (χ4v) is 4.29. The molecule has 1 aromatic rings. The number of aromatic nitrogens is 1. The molecule has 1 saturated heterocycles. The number of hydrogen-bond acceptors (Lipinski definition) is 4. The minimum absolute atomic E-state index is 0. The number of alkyl halides is 3. The molecule has 0 spiro atoms. The normalized spacial score (nSPS) is 19.2. The van der Waals surface area contributed by atoms with Gasteiger partial charge in [-0.1, -0.05) is 24.4 Å². The number of pyridine rings is 1. The molecule has 2 heterocycles. The second kappa shape index (κ2) is 12.3. The summed E-state index contributed by atoms with van der Waals surface area (Å²) in [6.45, 7) is 2.83. The summed E-state index contributed by atoms with van der Waals surface area (Å²) in [4.78, 5) is 10.5. The number of ether oxygens (including phenoxy) is 1. The summed E-state index contributed by atoms with van der Waals surface area (Å²) in [5, 5.41) is 6.43. The van der Waals surface area contributed by atoms with Crippen molar-refractivity contribution in [3.63, 3.8) is 0 Å². The van der Waals surface area contributed by atoms with Gasteiger partial charge < -0.3 is 20.3 Å². The molecule has 0 radical (unpaired) electrons. The Hall–Kier alpha value is -1.01. The number of aliphatic imine (C=N–C) groups is 1. The van der Waals surface area contributed by atoms with E-state index in [1.807, 2.05) is 0 Å². The Morgan fingerprint density at radius 3 is 2.52 bits per heavy atom. The molecule has 2 N–H and O–H groups in total. The van der Waals surface area contributed by atoms with E-state index in [1.54, 1.807) is 7.05 Å². The maximum absolute atomic E-state index is 12.7. The Morgan fingerprint density at radius 1 is 1.26 bits per heavy atom. The third kappa shape index (κ3) is 7.81. The van der Waals surface area contributed by atoms with Crippen LogP contribution in [0.15, 0.2) is 17.3 Å². The molecule has 6 nitrogen and oxygen atoms in total. The van der Waals surface area contributed by atoms with E-state index in [4.69, 9.17) is 16.3 Å². The van der Waals surface area contributed by atoms with Crippen molar-refractivity contribution in [2.24, 2.45) is 4.99 Å². The number of rotatable bonds is 6. The van der Waals surface area contributed by atoms with Gasteiger partial charge >= 0.3 is 6.18 Å². The molecule has 3 rings (SSSR count). The van der Waals surface area contributed by atoms with Gasteiger partial charge in [-0.2, -0.15) is 13.2 Å². The van der Waals surface area contributed by atoms with E-state index in [2.05, 4.69) is 25.5 Å². The van der Waals surface area contributed by atoms with Crippen molar-refractivity contribution in [3.05, 3.63) is 22.8 Å². The van der Waals surface area contributed by atoms with E-state index in [-0.39, 0.29) is 41.5 Å². The number of likely N-dealkylation sites (tertiary alicyclic amines) is 1. The van der Waals surface area contributed by atoms with E-state index < -0.39 is 11.7 Å². The number of piperidine rings is 1. The third-order valence-electron chi connectivity index (χ3n) is 5.70. The average Bonchev–Trinajstić information content (AvgIpc) is 3.25. The Balaban J connectivity index is 0.00000341. The summed E-state index contributed by atoms with van der Waals surface area (Å²) in [7, 11) is 1.71. The molecule has 11 heteroatoms. The molecular formula is C20H30ClF3IN5O. The fraction of sp³-hybridized carbons (Fsp3) is 0.700. The lowest BCUT2D eigenvalue weighted by molar-refractivity contribution is -0.137. The van der Waals surface area contributed by atoms with Crippen LogP contribution >= 0.6 is 35.6 Å². The van der Waals surface area contributed by atoms with Crippen LogP contribution in [-0.4, -0.2) is 61.2 Å². The number of nitrogens with zero attached hydrogens (tertiary/aromatic N) is 3. The van der Waals surface area contributed by atoms with Crippen molar-refractivity contribution in [2.45, 2.75) is 56.8 Å². The summed E-state index contributed by atoms with van der Waals surface area (Å²) in [6, 6.07) is 1.96. The van der Waals surface area contributed by atoms with E-state index in [0.717, 1.165) is 38.0 Å². The highest BCUT2D eigenvalue weighted by Crippen LogP contribution is 2.33. The van der Waals surface area contributed by atoms with Gasteiger partial charge in [-0.3, -0.25) is 4.99 Å². The Kier molecular flexibility index (Phi) is 10.4. The lowest BCUT2D eigenvalue weighted by Crippen LogP contribution is -2.50. The van der Waals surface area contributed by atoms with Crippen molar-refractivity contribution in [1.29, 1.82) is 0 Å². The standard InChI is InChI=1S/C20H29ClF3N5O.HI/c1-25-19(28-15-6-9-29(10-7-15)16-4-2-3-5-16)26-8-11-30-18-17(21)12-14(13-27-18)20(22,23)24;/h12-13,15-16H,2-11H2,1H3,(H2,25,26,28);1H. The minimum Gasteiger partial charge on any atom is -0.475 e. The van der Waals surface area contributed by atoms with Crippen LogP contribution in [0.3, 0.4) is 0 Å². The molecule has 176 valence electrons. The molecule has 0 atom stereocenters. The molecule has 0 aromatic carbocycles. The van der Waals surface area contributed by atoms with Crippen LogP contribution in [-0.2, 0) is 6.18 Å². The van der Waals surface area contributed by atoms with Gasteiger partial charge in [0, 0.05) is 38.4 Å². The number of halogens is 5. The molecule has 1 aromatic heterocycles. The smallest absolute Gasteiger partial charge is 0.417 e. The first-order valence-corrected chi connectivity index (χ1v) is 10.8. The highest BCUT2D eigenvalue weighted by Gasteiger charge is 2.32. The molecule has 0 amide bonds. The largest absolute Gasteiger partial charge is 0.475 e. The zero-order chi connectivity index (χ0) is 21.6. The highest BCUT2D eigenvalue weighted by atomic mass is 127. The van der Waals surface area contributed by atoms with Crippen molar-refractivity contribution in [3.8, 4) is 5.88 Å². The van der Waals surface area contributed by atoms with E-state index in [1.165, 1.54) is 25.7 Å². The molecule has 1 aliphatic heterocycles. The second-order valence-electron chi connectivity index (χ2n) is 7.75. The molecule has 0 unspecified atom stereocenters. The predicted molar refractivity (Wildman–Crippen MR) is 127 cm³/mol. The summed E-state index contributed by atoms with van der Waals surface area (Å²) in [5.41, 5.74) is -0.901. The van der Waals surface area contributed by atoms with E-state index in [9.17, 15) is 13.2 Å². The first kappa shape index (κ1) is 26.2. The summed E-state index contributed by atoms with van der Waals surface area (Å²) < 4.78 is 43.4. The lowest BCUT2D eigenvalue weighted by Gasteiger charge is -2.36. The molecule has 31 heavy (non-hydrogen) atoms. The summed E-state index contributed by atoms with van der Waals surface area (Å²) in [5.74, 6) is 0.665. The van der Waals surface area contributed by atoms with Gasteiger partial charge in [0.25, 0.3) is 0 Å². The number of guanidine groups is 1. The van der Waals surface area contributed by atoms with Crippen molar-refractivity contribution < 1.29 is 17.9 Å². The van der Waals surface area contributed by atoms with Crippen molar-refractivity contribution in [1.82, 2.24) is 20.5 Å². The van der Waals surface area contributed by atoms with Gasteiger partial charge in [0.05, 0.1) is 12.1 Å². The summed E-state index contributed by atoms with van der Waals surface area (Å²) in [6.07, 6.45) is 3.77. The van der Waals surface area contributed by atoms with E-state index in [0.29, 0.717) is 24.7 Å². The van der Waals surface area contributed by atoms with Gasteiger partial charge in [0.1, 0.15) is 11.6 Å². The fourth-order valence-electron chi connectivity index (χ4n) is 4.07. The highest BCUT2D eigenvalue weighted by molar-refractivity contribution is 14.0. The van der Waals surface area contributed by atoms with Gasteiger partial charge in [-0.15, -0.1) is 24.0 Å². The minimum atomic E-state index is -4.48. The molecule has 1 aliphatic carbocycles. The molecule has 2 fully saturated rings. The van der Waals surface area contributed by atoms with Gasteiger partial charge in [0.15, 0.2) is 5.96 Å². The maximum atomic E-state index is 12.7. The van der Waals surface area contributed by atoms with Crippen LogP contribution < -0.4 is 15.4 Å². The average molecular weight is 576 g/mol. The molecule has 2 aliphatic rings. The zero-order valence-electron chi connectivity index (χ0n) is 17.6. The SMILES string of the molecule is CN=C(NCCOc1ncc(C(F)(F)F)cc1Cl)NC1CCN(C2CCCC2)CC1.I. The first-order chi connectivity index (χ1) is 14.4. The van der Waals surface area contributed by atoms with Crippen LogP contribution in [0.4, 0.5) is 13.2 Å². The van der Waals surface area contributed by atoms with Crippen LogP contribution in [0.2, 0.25) is 5.02 Å². The third-order valence-corrected chi connectivity index (χ3v) is 5.97. The number of hydrogen-bond donors (Lipinski definition) is 2. The first-order valence-electron chi connectivity index (χ1n) is 10.4. The lowest BCUT2D eigenvalue weighted by atomic mass is 10.0. The van der Waals surface area contributed by atoms with Crippen LogP contribution in [0.25, 0.3) is 0 Å². The quantitative estimate of drug-likeness (QED) is 0.229. The molecular weight excluding hydrogens is 546 g/mol. The molecule has 1 saturated carbocycles. The zero-order valence-corrected chi connectivity index (χ0v) is 20.6. The van der Waals surface area contributed by atoms with Crippen LogP contribution in [0, 0.1) is 0 Å². The summed E-state index contributed by atoms with van der Waals surface area (Å²) >= 11 is 5.84. The second-order valence-corrected chi connectivity index (χ2v) is 8.16. The van der Waals surface area contributed by atoms with Crippen molar-refractivity contribution >= 4 is 41.5 Å². The Morgan fingerprint density at radius 2 is 1.94 bits per heavy atom. The monoisotopic (exact) mass is 575 g/mol. The Labute approximate surface area is 203 Å². The van der Waals surface area contributed by atoms with Crippen LogP contribution in [0.5, 0.6) is 5.88 Å². The van der Waals surface area contributed by atoms with Gasteiger partial charge in [-0.05, 0) is 31.7 Å². The predicted octanol–water partition coefficient (Wildman–Crippen LogP) is 4.32. The van der Waals surface area contributed by atoms with Gasteiger partial charge in [-0.25, -0.2) is 4.98 Å².